The van der Waals surface area contributed by atoms with Gasteiger partial charge in [0.05, 0.1) is 35.3 Å². The quantitative estimate of drug-likeness (QED) is 0.488. The summed E-state index contributed by atoms with van der Waals surface area (Å²) in [6, 6.07) is 7.66. The monoisotopic (exact) mass is 410 g/mol. The Labute approximate surface area is 165 Å². The fourth-order valence-corrected chi connectivity index (χ4v) is 3.12. The lowest BCUT2D eigenvalue weighted by Crippen LogP contribution is -2.40. The fourth-order valence-electron chi connectivity index (χ4n) is 2.25. The largest absolute Gasteiger partial charge is 0.350 e. The molecule has 10 heteroatoms. The molecule has 27 heavy (non-hydrogen) atoms. The number of hydrogen-bond acceptors (Lipinski definition) is 6. The number of thiophene rings is 1. The average Bonchev–Trinajstić information content (AvgIpc) is 3.14. The van der Waals surface area contributed by atoms with E-state index in [1.54, 1.807) is 16.2 Å². The van der Waals surface area contributed by atoms with Crippen LogP contribution in [0.3, 0.4) is 0 Å². The van der Waals surface area contributed by atoms with Crippen molar-refractivity contribution in [3.05, 3.63) is 55.7 Å². The number of carbonyl (C=O) groups excluding carboxylic acids is 2. The SMILES string of the molecule is CCN(CC(=O)NCc1cccs1)CC(=O)Nc1ccc([N+](=O)[O-])cc1Cl. The van der Waals surface area contributed by atoms with E-state index in [1.165, 1.54) is 18.2 Å². The molecule has 2 amide bonds. The zero-order valence-electron chi connectivity index (χ0n) is 14.6. The molecule has 144 valence electrons. The predicted molar refractivity (Wildman–Crippen MR) is 105 cm³/mol. The summed E-state index contributed by atoms with van der Waals surface area (Å²) in [7, 11) is 0. The van der Waals surface area contributed by atoms with Crippen LogP contribution < -0.4 is 10.6 Å². The first-order chi connectivity index (χ1) is 12.9. The maximum absolute atomic E-state index is 12.2. The number of nitrogens with zero attached hydrogens (tertiary/aromatic N) is 2. The summed E-state index contributed by atoms with van der Waals surface area (Å²) in [5, 5.41) is 18.1. The number of nitro groups is 1. The van der Waals surface area contributed by atoms with Gasteiger partial charge in [0, 0.05) is 17.0 Å². The molecule has 0 unspecified atom stereocenters. The molecule has 1 aromatic heterocycles. The molecule has 0 aliphatic carbocycles. The third kappa shape index (κ3) is 6.63. The van der Waals surface area contributed by atoms with Crippen molar-refractivity contribution in [3.63, 3.8) is 0 Å². The molecular weight excluding hydrogens is 392 g/mol. The normalized spacial score (nSPS) is 10.6. The zero-order valence-corrected chi connectivity index (χ0v) is 16.2. The van der Waals surface area contributed by atoms with Crippen molar-refractivity contribution in [3.8, 4) is 0 Å². The van der Waals surface area contributed by atoms with Crippen LogP contribution in [0.4, 0.5) is 11.4 Å². The number of non-ortho nitro benzene ring substituents is 1. The summed E-state index contributed by atoms with van der Waals surface area (Å²) < 4.78 is 0. The second-order valence-corrected chi connectivity index (χ2v) is 7.07. The van der Waals surface area contributed by atoms with E-state index in [2.05, 4.69) is 10.6 Å². The number of likely N-dealkylation sites (N-methyl/N-ethyl adjacent to an activating group) is 1. The Kier molecular flexibility index (Phi) is 7.71. The Morgan fingerprint density at radius 2 is 2.00 bits per heavy atom. The van der Waals surface area contributed by atoms with E-state index < -0.39 is 4.92 Å². The number of amides is 2. The minimum absolute atomic E-state index is 0.00373. The third-order valence-electron chi connectivity index (χ3n) is 3.66. The number of benzene rings is 1. The predicted octanol–water partition coefficient (Wildman–Crippen LogP) is 2.89. The summed E-state index contributed by atoms with van der Waals surface area (Å²) in [6.45, 7) is 2.89. The second-order valence-electron chi connectivity index (χ2n) is 5.63. The highest BCUT2D eigenvalue weighted by Crippen LogP contribution is 2.26. The van der Waals surface area contributed by atoms with Crippen molar-refractivity contribution in [2.75, 3.05) is 25.0 Å². The average molecular weight is 411 g/mol. The number of rotatable bonds is 9. The van der Waals surface area contributed by atoms with Crippen molar-refractivity contribution in [2.45, 2.75) is 13.5 Å². The molecule has 2 N–H and O–H groups in total. The van der Waals surface area contributed by atoms with E-state index in [4.69, 9.17) is 11.6 Å². The van der Waals surface area contributed by atoms with Crippen molar-refractivity contribution < 1.29 is 14.5 Å². The summed E-state index contributed by atoms with van der Waals surface area (Å²) in [6.07, 6.45) is 0. The molecular formula is C17H19ClN4O4S. The maximum atomic E-state index is 12.2. The molecule has 2 aromatic rings. The van der Waals surface area contributed by atoms with Crippen LogP contribution >= 0.6 is 22.9 Å². The lowest BCUT2D eigenvalue weighted by Gasteiger charge is -2.19. The molecule has 0 bridgehead atoms. The zero-order chi connectivity index (χ0) is 19.8. The highest BCUT2D eigenvalue weighted by Gasteiger charge is 2.15. The van der Waals surface area contributed by atoms with E-state index >= 15 is 0 Å². The number of halogens is 1. The highest BCUT2D eigenvalue weighted by molar-refractivity contribution is 7.09. The van der Waals surface area contributed by atoms with Gasteiger partial charge < -0.3 is 10.6 Å². The van der Waals surface area contributed by atoms with E-state index in [-0.39, 0.29) is 41.3 Å². The first-order valence-electron chi connectivity index (χ1n) is 8.14. The Morgan fingerprint density at radius 1 is 1.26 bits per heavy atom. The summed E-state index contributed by atoms with van der Waals surface area (Å²) in [4.78, 5) is 37.1. The number of anilines is 1. The second kappa shape index (κ2) is 10.0. The van der Waals surface area contributed by atoms with Crippen LogP contribution in [0.1, 0.15) is 11.8 Å². The molecule has 0 radical (unpaired) electrons. The molecule has 2 rings (SSSR count). The van der Waals surface area contributed by atoms with Gasteiger partial charge in [-0.25, -0.2) is 0 Å². The van der Waals surface area contributed by atoms with E-state index in [9.17, 15) is 19.7 Å². The minimum Gasteiger partial charge on any atom is -0.350 e. The van der Waals surface area contributed by atoms with Gasteiger partial charge in [-0.3, -0.25) is 24.6 Å². The summed E-state index contributed by atoms with van der Waals surface area (Å²) in [5.74, 6) is -0.537. The molecule has 0 spiro atoms. The Morgan fingerprint density at radius 3 is 2.59 bits per heavy atom. The Hall–Kier alpha value is -2.49. The smallest absolute Gasteiger partial charge is 0.271 e. The van der Waals surface area contributed by atoms with E-state index in [1.807, 2.05) is 24.4 Å². The standard InChI is InChI=1S/C17H19ClN4O4S/c1-2-21(10-16(23)19-9-13-4-3-7-27-13)11-17(24)20-15-6-5-12(22(25)26)8-14(15)18/h3-8H,2,9-11H2,1H3,(H,19,23)(H,20,24). The van der Waals surface area contributed by atoms with Crippen LogP contribution in [0.15, 0.2) is 35.7 Å². The first kappa shape index (κ1) is 20.8. The van der Waals surface area contributed by atoms with Crippen molar-refractivity contribution in [1.29, 1.82) is 0 Å². The van der Waals surface area contributed by atoms with Crippen LogP contribution in [0.25, 0.3) is 0 Å². The van der Waals surface area contributed by atoms with E-state index in [0.717, 1.165) is 4.88 Å². The Balaban J connectivity index is 1.85. The van der Waals surface area contributed by atoms with Crippen molar-refractivity contribution in [1.82, 2.24) is 10.2 Å². The van der Waals surface area contributed by atoms with Crippen molar-refractivity contribution >= 4 is 46.1 Å². The number of hydrogen-bond donors (Lipinski definition) is 2. The molecule has 0 saturated heterocycles. The molecule has 1 aromatic carbocycles. The molecule has 0 aliphatic heterocycles. The van der Waals surface area contributed by atoms with Gasteiger partial charge in [0.1, 0.15) is 0 Å². The number of nitro benzene ring substituents is 1. The van der Waals surface area contributed by atoms with Crippen LogP contribution in [0, 0.1) is 10.1 Å². The van der Waals surface area contributed by atoms with Crippen LogP contribution in [0.5, 0.6) is 0 Å². The fraction of sp³-hybridized carbons (Fsp3) is 0.294. The van der Waals surface area contributed by atoms with Gasteiger partial charge in [-0.15, -0.1) is 11.3 Å². The minimum atomic E-state index is -0.564. The van der Waals surface area contributed by atoms with Gasteiger partial charge in [0.25, 0.3) is 5.69 Å². The maximum Gasteiger partial charge on any atom is 0.271 e. The molecule has 0 aliphatic rings. The molecule has 0 saturated carbocycles. The van der Waals surface area contributed by atoms with Crippen molar-refractivity contribution in [2.24, 2.45) is 0 Å². The number of carbonyl (C=O) groups is 2. The van der Waals surface area contributed by atoms with Crippen LogP contribution in [-0.4, -0.2) is 41.3 Å². The first-order valence-corrected chi connectivity index (χ1v) is 9.40. The Bertz CT molecular complexity index is 813. The van der Waals surface area contributed by atoms with Gasteiger partial charge in [0.15, 0.2) is 0 Å². The highest BCUT2D eigenvalue weighted by atomic mass is 35.5. The van der Waals surface area contributed by atoms with Gasteiger partial charge in [0.2, 0.25) is 11.8 Å². The van der Waals surface area contributed by atoms with Gasteiger partial charge in [-0.05, 0) is 24.1 Å². The van der Waals surface area contributed by atoms with Gasteiger partial charge in [-0.2, -0.15) is 0 Å². The summed E-state index contributed by atoms with van der Waals surface area (Å²) in [5.41, 5.74) is 0.126. The molecule has 0 fully saturated rings. The van der Waals surface area contributed by atoms with Crippen LogP contribution in [0.2, 0.25) is 5.02 Å². The topological polar surface area (TPSA) is 105 Å². The van der Waals surface area contributed by atoms with E-state index in [0.29, 0.717) is 13.1 Å². The van der Waals surface area contributed by atoms with Crippen LogP contribution in [-0.2, 0) is 16.1 Å². The van der Waals surface area contributed by atoms with Gasteiger partial charge >= 0.3 is 0 Å². The molecule has 0 atom stereocenters. The van der Waals surface area contributed by atoms with Gasteiger partial charge in [-0.1, -0.05) is 24.6 Å². The molecule has 8 nitrogen and oxygen atoms in total. The third-order valence-corrected chi connectivity index (χ3v) is 4.85. The number of nitrogens with one attached hydrogen (secondary N) is 2. The molecule has 1 heterocycles. The lowest BCUT2D eigenvalue weighted by molar-refractivity contribution is -0.384. The lowest BCUT2D eigenvalue weighted by atomic mass is 10.2. The summed E-state index contributed by atoms with van der Waals surface area (Å²) >= 11 is 7.52.